The lowest BCUT2D eigenvalue weighted by Crippen LogP contribution is -2.31. The van der Waals surface area contributed by atoms with Crippen molar-refractivity contribution in [1.82, 2.24) is 0 Å². The maximum absolute atomic E-state index is 6.02. The summed E-state index contributed by atoms with van der Waals surface area (Å²) in [6.07, 6.45) is 9.40. The molecular formula is C12H23NS. The second-order valence-electron chi connectivity index (χ2n) is 5.13. The van der Waals surface area contributed by atoms with Gasteiger partial charge in [0.25, 0.3) is 0 Å². The van der Waals surface area contributed by atoms with E-state index >= 15 is 0 Å². The first kappa shape index (κ1) is 12.1. The molecule has 1 rings (SSSR count). The molecule has 0 spiro atoms. The summed E-state index contributed by atoms with van der Waals surface area (Å²) in [7, 11) is 0. The molecule has 0 aliphatic heterocycles. The highest BCUT2D eigenvalue weighted by atomic mass is 32.2. The summed E-state index contributed by atoms with van der Waals surface area (Å²) in [6, 6.07) is 0.294. The average molecular weight is 213 g/mol. The molecule has 2 heteroatoms. The van der Waals surface area contributed by atoms with Gasteiger partial charge in [-0.2, -0.15) is 11.8 Å². The highest BCUT2D eigenvalue weighted by Crippen LogP contribution is 2.36. The molecule has 14 heavy (non-hydrogen) atoms. The Morgan fingerprint density at radius 2 is 2.29 bits per heavy atom. The van der Waals surface area contributed by atoms with E-state index in [-0.39, 0.29) is 0 Å². The summed E-state index contributed by atoms with van der Waals surface area (Å²) in [5.41, 5.74) is 8.03. The Kier molecular flexibility index (Phi) is 4.52. The monoisotopic (exact) mass is 213 g/mol. The second-order valence-corrected chi connectivity index (χ2v) is 6.12. The van der Waals surface area contributed by atoms with Gasteiger partial charge in [0.1, 0.15) is 0 Å². The van der Waals surface area contributed by atoms with E-state index < -0.39 is 0 Å². The summed E-state index contributed by atoms with van der Waals surface area (Å²) in [5, 5.41) is 0. The Morgan fingerprint density at radius 3 is 2.86 bits per heavy atom. The van der Waals surface area contributed by atoms with Crippen molar-refractivity contribution in [2.45, 2.75) is 45.6 Å². The molecule has 0 aromatic carbocycles. The molecule has 1 aliphatic rings. The minimum absolute atomic E-state index is 0.294. The summed E-state index contributed by atoms with van der Waals surface area (Å²) in [4.78, 5) is 0. The number of thioether (sulfide) groups is 1. The van der Waals surface area contributed by atoms with E-state index in [2.05, 4.69) is 26.2 Å². The first-order valence-electron chi connectivity index (χ1n) is 5.47. The zero-order chi connectivity index (χ0) is 10.6. The second kappa shape index (κ2) is 5.22. The lowest BCUT2D eigenvalue weighted by Gasteiger charge is -2.33. The highest BCUT2D eigenvalue weighted by molar-refractivity contribution is 7.98. The molecular weight excluding hydrogens is 190 g/mol. The maximum atomic E-state index is 6.02. The minimum atomic E-state index is 0.294. The highest BCUT2D eigenvalue weighted by Gasteiger charge is 2.26. The first-order chi connectivity index (χ1) is 6.53. The van der Waals surface area contributed by atoms with Crippen molar-refractivity contribution in [3.05, 3.63) is 11.6 Å². The molecule has 0 aromatic rings. The molecule has 1 nitrogen and oxygen atoms in total. The summed E-state index contributed by atoms with van der Waals surface area (Å²) in [6.45, 7) is 4.66. The van der Waals surface area contributed by atoms with Crippen LogP contribution in [0.2, 0.25) is 0 Å². The van der Waals surface area contributed by atoms with Crippen molar-refractivity contribution in [3.8, 4) is 0 Å². The molecule has 0 radical (unpaired) electrons. The molecule has 0 aromatic heterocycles. The van der Waals surface area contributed by atoms with Crippen LogP contribution in [0, 0.1) is 5.41 Å². The van der Waals surface area contributed by atoms with Crippen LogP contribution in [0.4, 0.5) is 0 Å². The Bertz CT molecular complexity index is 208. The van der Waals surface area contributed by atoms with Crippen molar-refractivity contribution >= 4 is 11.8 Å². The van der Waals surface area contributed by atoms with E-state index in [1.165, 1.54) is 25.0 Å². The topological polar surface area (TPSA) is 26.0 Å². The molecule has 0 saturated carbocycles. The van der Waals surface area contributed by atoms with Gasteiger partial charge in [-0.3, -0.25) is 0 Å². The van der Waals surface area contributed by atoms with Crippen molar-refractivity contribution in [3.63, 3.8) is 0 Å². The third kappa shape index (κ3) is 4.05. The first-order valence-corrected chi connectivity index (χ1v) is 6.87. The molecule has 0 saturated heterocycles. The van der Waals surface area contributed by atoms with Gasteiger partial charge in [-0.05, 0) is 43.1 Å². The number of rotatable bonds is 4. The Labute approximate surface area is 92.5 Å². The molecule has 82 valence electrons. The minimum Gasteiger partial charge on any atom is -0.324 e. The fourth-order valence-corrected chi connectivity index (χ4v) is 2.79. The molecule has 1 aliphatic carbocycles. The number of allylic oxidation sites excluding steroid dienone is 1. The van der Waals surface area contributed by atoms with Crippen LogP contribution in [0.1, 0.15) is 39.5 Å². The van der Waals surface area contributed by atoms with Crippen molar-refractivity contribution in [2.24, 2.45) is 11.1 Å². The lowest BCUT2D eigenvalue weighted by atomic mass is 9.75. The molecule has 0 heterocycles. The van der Waals surface area contributed by atoms with Crippen LogP contribution in [0.15, 0.2) is 11.6 Å². The van der Waals surface area contributed by atoms with Gasteiger partial charge >= 0.3 is 0 Å². The predicted molar refractivity (Wildman–Crippen MR) is 66.7 cm³/mol. The zero-order valence-corrected chi connectivity index (χ0v) is 10.5. The average Bonchev–Trinajstić information content (AvgIpc) is 2.00. The Morgan fingerprint density at radius 1 is 1.57 bits per heavy atom. The van der Waals surface area contributed by atoms with Crippen LogP contribution >= 0.6 is 11.8 Å². The number of nitrogens with two attached hydrogens (primary N) is 1. The summed E-state index contributed by atoms with van der Waals surface area (Å²) < 4.78 is 0. The van der Waals surface area contributed by atoms with Gasteiger partial charge in [-0.15, -0.1) is 0 Å². The molecule has 1 unspecified atom stereocenters. The van der Waals surface area contributed by atoms with Crippen LogP contribution in [0.5, 0.6) is 0 Å². The van der Waals surface area contributed by atoms with E-state index in [1.807, 2.05) is 11.8 Å². The molecule has 0 amide bonds. The predicted octanol–water partition coefficient (Wildman–Crippen LogP) is 3.20. The molecule has 0 fully saturated rings. The molecule has 2 N–H and O–H groups in total. The Balaban J connectivity index is 2.43. The van der Waals surface area contributed by atoms with Gasteiger partial charge in [0.15, 0.2) is 0 Å². The van der Waals surface area contributed by atoms with Gasteiger partial charge in [0, 0.05) is 6.04 Å². The normalized spacial score (nSPS) is 26.0. The van der Waals surface area contributed by atoms with Gasteiger partial charge < -0.3 is 5.73 Å². The van der Waals surface area contributed by atoms with Gasteiger partial charge in [0.2, 0.25) is 0 Å². The standard InChI is InChI=1S/C12H23NS/c1-12(2)8-10(5-4-6-14-3)7-11(13)9-12/h7,11H,4-6,8-9,13H2,1-3H3. The number of hydrogen-bond acceptors (Lipinski definition) is 2. The third-order valence-corrected chi connectivity index (χ3v) is 3.49. The third-order valence-electron chi connectivity index (χ3n) is 2.79. The van der Waals surface area contributed by atoms with Crippen LogP contribution in [0.25, 0.3) is 0 Å². The number of hydrogen-bond donors (Lipinski definition) is 1. The fourth-order valence-electron chi connectivity index (χ4n) is 2.36. The quantitative estimate of drug-likeness (QED) is 0.573. The smallest absolute Gasteiger partial charge is 0.0231 e. The molecule has 0 bridgehead atoms. The van der Waals surface area contributed by atoms with Gasteiger partial charge in [-0.1, -0.05) is 25.5 Å². The van der Waals surface area contributed by atoms with Crippen LogP contribution in [-0.4, -0.2) is 18.1 Å². The maximum Gasteiger partial charge on any atom is 0.0231 e. The summed E-state index contributed by atoms with van der Waals surface area (Å²) in [5.74, 6) is 1.27. The largest absolute Gasteiger partial charge is 0.324 e. The lowest BCUT2D eigenvalue weighted by molar-refractivity contribution is 0.298. The van der Waals surface area contributed by atoms with E-state index in [4.69, 9.17) is 5.73 Å². The van der Waals surface area contributed by atoms with Crippen molar-refractivity contribution in [2.75, 3.05) is 12.0 Å². The zero-order valence-electron chi connectivity index (χ0n) is 9.68. The fraction of sp³-hybridized carbons (Fsp3) is 0.833. The van der Waals surface area contributed by atoms with Gasteiger partial charge in [0.05, 0.1) is 0 Å². The van der Waals surface area contributed by atoms with E-state index in [0.29, 0.717) is 11.5 Å². The van der Waals surface area contributed by atoms with Crippen molar-refractivity contribution < 1.29 is 0 Å². The van der Waals surface area contributed by atoms with E-state index in [9.17, 15) is 0 Å². The van der Waals surface area contributed by atoms with Crippen molar-refractivity contribution in [1.29, 1.82) is 0 Å². The SMILES string of the molecule is CSCCCC1=CC(N)CC(C)(C)C1. The van der Waals surface area contributed by atoms with Crippen LogP contribution in [0.3, 0.4) is 0 Å². The van der Waals surface area contributed by atoms with Crippen LogP contribution < -0.4 is 5.73 Å². The van der Waals surface area contributed by atoms with E-state index in [1.54, 1.807) is 5.57 Å². The van der Waals surface area contributed by atoms with Gasteiger partial charge in [-0.25, -0.2) is 0 Å². The van der Waals surface area contributed by atoms with E-state index in [0.717, 1.165) is 6.42 Å². The van der Waals surface area contributed by atoms with Crippen LogP contribution in [-0.2, 0) is 0 Å². The summed E-state index contributed by atoms with van der Waals surface area (Å²) >= 11 is 1.93. The Hall–Kier alpha value is 0.0500. The molecule has 1 atom stereocenters.